The molecule has 0 bridgehead atoms. The third kappa shape index (κ3) is 6.70. The van der Waals surface area contributed by atoms with Crippen molar-refractivity contribution in [2.45, 2.75) is 52.4 Å². The van der Waals surface area contributed by atoms with Crippen molar-refractivity contribution in [3.8, 4) is 0 Å². The van der Waals surface area contributed by atoms with Crippen LogP contribution in [-0.2, 0) is 4.79 Å². The van der Waals surface area contributed by atoms with Gasteiger partial charge in [0.25, 0.3) is 0 Å². The fourth-order valence-electron chi connectivity index (χ4n) is 1.53. The Balaban J connectivity index is 3.50. The van der Waals surface area contributed by atoms with Crippen molar-refractivity contribution >= 4 is 5.97 Å². The zero-order valence-electron chi connectivity index (χ0n) is 9.38. The summed E-state index contributed by atoms with van der Waals surface area (Å²) in [6.07, 6.45) is 6.75. The van der Waals surface area contributed by atoms with Gasteiger partial charge < -0.3 is 5.11 Å². The van der Waals surface area contributed by atoms with Crippen LogP contribution in [0.5, 0.6) is 0 Å². The zero-order chi connectivity index (χ0) is 11.0. The molecule has 14 heavy (non-hydrogen) atoms. The molecule has 1 N–H and O–H groups in total. The molecule has 1 atom stereocenters. The first-order valence-corrected chi connectivity index (χ1v) is 5.49. The molecule has 0 aromatic rings. The van der Waals surface area contributed by atoms with Gasteiger partial charge >= 0.3 is 5.97 Å². The van der Waals surface area contributed by atoms with Crippen molar-refractivity contribution in [2.24, 2.45) is 5.92 Å². The van der Waals surface area contributed by atoms with Crippen molar-refractivity contribution < 1.29 is 9.90 Å². The molecule has 0 aromatic carbocycles. The molecule has 1 unspecified atom stereocenters. The standard InChI is InChI=1S/C12H22O2/c1-4-5-6-7-8-10(2)9-11(3)12(13)14/h10H,3-9H2,1-2H3,(H,13,14). The first kappa shape index (κ1) is 13.2. The Morgan fingerprint density at radius 1 is 1.36 bits per heavy atom. The molecule has 0 fully saturated rings. The van der Waals surface area contributed by atoms with Gasteiger partial charge in [-0.2, -0.15) is 0 Å². The summed E-state index contributed by atoms with van der Waals surface area (Å²) in [6.45, 7) is 7.83. The topological polar surface area (TPSA) is 37.3 Å². The monoisotopic (exact) mass is 198 g/mol. The summed E-state index contributed by atoms with van der Waals surface area (Å²) in [5, 5.41) is 8.64. The van der Waals surface area contributed by atoms with Crippen molar-refractivity contribution in [3.05, 3.63) is 12.2 Å². The molecular formula is C12H22O2. The number of rotatable bonds is 8. The Labute approximate surface area is 87.0 Å². The van der Waals surface area contributed by atoms with Crippen LogP contribution in [0, 0.1) is 5.92 Å². The summed E-state index contributed by atoms with van der Waals surface area (Å²) >= 11 is 0. The van der Waals surface area contributed by atoms with Crippen molar-refractivity contribution in [1.82, 2.24) is 0 Å². The van der Waals surface area contributed by atoms with Crippen LogP contribution < -0.4 is 0 Å². The molecule has 82 valence electrons. The van der Waals surface area contributed by atoms with E-state index < -0.39 is 5.97 Å². The van der Waals surface area contributed by atoms with Crippen LogP contribution in [0.4, 0.5) is 0 Å². The summed E-state index contributed by atoms with van der Waals surface area (Å²) < 4.78 is 0. The fourth-order valence-corrected chi connectivity index (χ4v) is 1.53. The van der Waals surface area contributed by atoms with Gasteiger partial charge in [0.1, 0.15) is 0 Å². The molecule has 0 saturated heterocycles. The molecule has 0 rings (SSSR count). The van der Waals surface area contributed by atoms with Gasteiger partial charge in [-0.1, -0.05) is 52.5 Å². The number of hydrogen-bond donors (Lipinski definition) is 1. The van der Waals surface area contributed by atoms with Gasteiger partial charge in [0, 0.05) is 5.57 Å². The van der Waals surface area contributed by atoms with E-state index in [-0.39, 0.29) is 0 Å². The van der Waals surface area contributed by atoms with Gasteiger partial charge in [-0.15, -0.1) is 0 Å². The second kappa shape index (κ2) is 7.60. The minimum Gasteiger partial charge on any atom is -0.478 e. The number of carboxylic acid groups (broad SMARTS) is 1. The average Bonchev–Trinajstić information content (AvgIpc) is 2.12. The first-order valence-electron chi connectivity index (χ1n) is 5.49. The first-order chi connectivity index (χ1) is 6.57. The number of carboxylic acids is 1. The van der Waals surface area contributed by atoms with E-state index in [9.17, 15) is 4.79 Å². The van der Waals surface area contributed by atoms with E-state index in [1.165, 1.54) is 25.7 Å². The Bertz CT molecular complexity index is 185. The van der Waals surface area contributed by atoms with Gasteiger partial charge in [0.05, 0.1) is 0 Å². The lowest BCUT2D eigenvalue weighted by atomic mass is 9.96. The van der Waals surface area contributed by atoms with E-state index in [1.807, 2.05) is 0 Å². The van der Waals surface area contributed by atoms with E-state index in [1.54, 1.807) is 0 Å². The van der Waals surface area contributed by atoms with Gasteiger partial charge in [-0.05, 0) is 12.3 Å². The maximum Gasteiger partial charge on any atom is 0.330 e. The van der Waals surface area contributed by atoms with E-state index >= 15 is 0 Å². The van der Waals surface area contributed by atoms with Gasteiger partial charge in [-0.25, -0.2) is 4.79 Å². The molecule has 0 aliphatic heterocycles. The van der Waals surface area contributed by atoms with Crippen LogP contribution >= 0.6 is 0 Å². The summed E-state index contributed by atoms with van der Waals surface area (Å²) in [7, 11) is 0. The van der Waals surface area contributed by atoms with Crippen LogP contribution in [-0.4, -0.2) is 11.1 Å². The molecule has 0 aliphatic rings. The predicted molar refractivity (Wildman–Crippen MR) is 59.3 cm³/mol. The normalized spacial score (nSPS) is 12.4. The molecule has 0 heterocycles. The summed E-state index contributed by atoms with van der Waals surface area (Å²) in [5.41, 5.74) is 0.341. The largest absolute Gasteiger partial charge is 0.478 e. The highest BCUT2D eigenvalue weighted by molar-refractivity contribution is 5.85. The molecule has 0 spiro atoms. The third-order valence-electron chi connectivity index (χ3n) is 2.45. The number of carbonyl (C=O) groups is 1. The molecule has 0 radical (unpaired) electrons. The molecule has 0 saturated carbocycles. The van der Waals surface area contributed by atoms with E-state index in [4.69, 9.17) is 5.11 Å². The highest BCUT2D eigenvalue weighted by Gasteiger charge is 2.09. The van der Waals surface area contributed by atoms with Crippen LogP contribution in [0.25, 0.3) is 0 Å². The average molecular weight is 198 g/mol. The van der Waals surface area contributed by atoms with Crippen molar-refractivity contribution in [2.75, 3.05) is 0 Å². The lowest BCUT2D eigenvalue weighted by Crippen LogP contribution is -2.04. The molecule has 2 nitrogen and oxygen atoms in total. The Kier molecular flexibility index (Phi) is 7.17. The maximum atomic E-state index is 10.5. The van der Waals surface area contributed by atoms with Crippen LogP contribution in [0.15, 0.2) is 12.2 Å². The summed E-state index contributed by atoms with van der Waals surface area (Å²) in [5.74, 6) is -0.402. The van der Waals surface area contributed by atoms with E-state index in [0.717, 1.165) is 6.42 Å². The molecule has 2 heteroatoms. The van der Waals surface area contributed by atoms with Crippen molar-refractivity contribution in [3.63, 3.8) is 0 Å². The minimum absolute atomic E-state index is 0.341. The predicted octanol–water partition coefficient (Wildman–Crippen LogP) is 3.62. The molecule has 0 aromatic heterocycles. The Hall–Kier alpha value is -0.790. The van der Waals surface area contributed by atoms with Crippen LogP contribution in [0.3, 0.4) is 0 Å². The lowest BCUT2D eigenvalue weighted by Gasteiger charge is -2.10. The second-order valence-corrected chi connectivity index (χ2v) is 4.07. The number of hydrogen-bond acceptors (Lipinski definition) is 1. The minimum atomic E-state index is -0.856. The van der Waals surface area contributed by atoms with Gasteiger partial charge in [0.2, 0.25) is 0 Å². The zero-order valence-corrected chi connectivity index (χ0v) is 9.38. The van der Waals surface area contributed by atoms with E-state index in [0.29, 0.717) is 17.9 Å². The van der Waals surface area contributed by atoms with E-state index in [2.05, 4.69) is 20.4 Å². The number of aliphatic carboxylic acids is 1. The van der Waals surface area contributed by atoms with Crippen LogP contribution in [0.1, 0.15) is 52.4 Å². The second-order valence-electron chi connectivity index (χ2n) is 4.07. The number of unbranched alkanes of at least 4 members (excludes halogenated alkanes) is 3. The van der Waals surface area contributed by atoms with Gasteiger partial charge in [0.15, 0.2) is 0 Å². The summed E-state index contributed by atoms with van der Waals surface area (Å²) in [4.78, 5) is 10.5. The maximum absolute atomic E-state index is 10.5. The highest BCUT2D eigenvalue weighted by Crippen LogP contribution is 2.17. The molecular weight excluding hydrogens is 176 g/mol. The Morgan fingerprint density at radius 2 is 2.00 bits per heavy atom. The van der Waals surface area contributed by atoms with Gasteiger partial charge in [-0.3, -0.25) is 0 Å². The fraction of sp³-hybridized carbons (Fsp3) is 0.750. The quantitative estimate of drug-likeness (QED) is 0.477. The lowest BCUT2D eigenvalue weighted by molar-refractivity contribution is -0.132. The molecule has 0 amide bonds. The summed E-state index contributed by atoms with van der Waals surface area (Å²) in [6, 6.07) is 0. The third-order valence-corrected chi connectivity index (χ3v) is 2.45. The Morgan fingerprint density at radius 3 is 2.50 bits per heavy atom. The van der Waals surface area contributed by atoms with Crippen LogP contribution in [0.2, 0.25) is 0 Å². The molecule has 0 aliphatic carbocycles. The highest BCUT2D eigenvalue weighted by atomic mass is 16.4. The SMILES string of the molecule is C=C(CC(C)CCCCCC)C(=O)O. The smallest absolute Gasteiger partial charge is 0.330 e. The van der Waals surface area contributed by atoms with Crippen molar-refractivity contribution in [1.29, 1.82) is 0 Å².